The molecule has 0 unspecified atom stereocenters. The molecule has 1 aromatic carbocycles. The van der Waals surface area contributed by atoms with E-state index in [-0.39, 0.29) is 5.75 Å². The Bertz CT molecular complexity index is 1590. The van der Waals surface area contributed by atoms with Crippen LogP contribution in [-0.4, -0.2) is 40.2 Å². The van der Waals surface area contributed by atoms with Gasteiger partial charge in [-0.15, -0.1) is 0 Å². The Labute approximate surface area is 179 Å². The first-order chi connectivity index (χ1) is 15.7. The molecule has 0 aliphatic rings. The van der Waals surface area contributed by atoms with Gasteiger partial charge in [-0.05, 0) is 30.3 Å². The van der Waals surface area contributed by atoms with Crippen molar-refractivity contribution in [3.8, 4) is 39.7 Å². The van der Waals surface area contributed by atoms with Gasteiger partial charge in [-0.2, -0.15) is 5.10 Å². The van der Waals surface area contributed by atoms with Gasteiger partial charge in [0, 0.05) is 47.5 Å². The van der Waals surface area contributed by atoms with Crippen molar-refractivity contribution in [1.29, 1.82) is 0 Å². The molecule has 6 aromatic rings. The maximum absolute atomic E-state index is 13.9. The lowest BCUT2D eigenvalue weighted by Crippen LogP contribution is -1.87. The van der Waals surface area contributed by atoms with E-state index in [0.717, 1.165) is 22.6 Å². The van der Waals surface area contributed by atoms with Gasteiger partial charge in [-0.3, -0.25) is 15.1 Å². The minimum absolute atomic E-state index is 0.178. The molecule has 8 nitrogen and oxygen atoms in total. The van der Waals surface area contributed by atoms with Gasteiger partial charge in [0.05, 0.1) is 16.6 Å². The molecular weight excluding hydrogens is 409 g/mol. The number of aromatic hydroxyl groups is 1. The number of nitrogens with zero attached hydrogens (tertiary/aromatic N) is 5. The minimum atomic E-state index is -0.553. The molecule has 0 atom stereocenters. The normalized spacial score (nSPS) is 11.4. The minimum Gasteiger partial charge on any atom is -0.508 e. The molecule has 0 amide bonds. The Morgan fingerprint density at radius 2 is 1.84 bits per heavy atom. The summed E-state index contributed by atoms with van der Waals surface area (Å²) >= 11 is 0. The van der Waals surface area contributed by atoms with E-state index in [1.54, 1.807) is 30.9 Å². The number of H-pyrrole nitrogens is 2. The second-order valence-corrected chi connectivity index (χ2v) is 7.27. The van der Waals surface area contributed by atoms with Gasteiger partial charge in [0.1, 0.15) is 22.8 Å². The highest BCUT2D eigenvalue weighted by Crippen LogP contribution is 2.32. The summed E-state index contributed by atoms with van der Waals surface area (Å²) in [5, 5.41) is 17.9. The van der Waals surface area contributed by atoms with Gasteiger partial charge in [0.2, 0.25) is 0 Å². The van der Waals surface area contributed by atoms with E-state index in [4.69, 9.17) is 4.98 Å². The topological polar surface area (TPSA) is 116 Å². The molecular formula is C23H14FN7O. The van der Waals surface area contributed by atoms with Crippen LogP contribution in [0.4, 0.5) is 4.39 Å². The van der Waals surface area contributed by atoms with E-state index in [2.05, 4.69) is 30.1 Å². The SMILES string of the molecule is Oc1cc(F)cc(-c2nccc3[nH]c(-c4[nH]nc5ncc(-c6cccnc6)cc45)nc23)c1. The van der Waals surface area contributed by atoms with Crippen molar-refractivity contribution >= 4 is 22.1 Å². The van der Waals surface area contributed by atoms with Gasteiger partial charge >= 0.3 is 0 Å². The molecule has 0 saturated carbocycles. The third kappa shape index (κ3) is 2.95. The lowest BCUT2D eigenvalue weighted by atomic mass is 10.1. The molecule has 0 spiro atoms. The van der Waals surface area contributed by atoms with Crippen LogP contribution in [0.3, 0.4) is 0 Å². The van der Waals surface area contributed by atoms with Crippen LogP contribution in [0.5, 0.6) is 5.75 Å². The maximum atomic E-state index is 13.9. The predicted octanol–water partition coefficient (Wildman–Crippen LogP) is 4.47. The van der Waals surface area contributed by atoms with E-state index in [1.807, 2.05) is 18.2 Å². The van der Waals surface area contributed by atoms with Crippen molar-refractivity contribution in [2.45, 2.75) is 0 Å². The molecule has 0 fully saturated rings. The highest BCUT2D eigenvalue weighted by molar-refractivity contribution is 5.96. The van der Waals surface area contributed by atoms with Crippen molar-refractivity contribution in [3.05, 3.63) is 73.1 Å². The predicted molar refractivity (Wildman–Crippen MR) is 117 cm³/mol. The van der Waals surface area contributed by atoms with Crippen LogP contribution < -0.4 is 0 Å². The van der Waals surface area contributed by atoms with Crippen LogP contribution in [0.15, 0.2) is 67.3 Å². The Morgan fingerprint density at radius 3 is 2.69 bits per heavy atom. The zero-order chi connectivity index (χ0) is 21.7. The summed E-state index contributed by atoms with van der Waals surface area (Å²) in [6.07, 6.45) is 6.85. The molecule has 5 heterocycles. The van der Waals surface area contributed by atoms with Gasteiger partial charge in [0.15, 0.2) is 11.5 Å². The van der Waals surface area contributed by atoms with Crippen LogP contribution in [-0.2, 0) is 0 Å². The van der Waals surface area contributed by atoms with Crippen LogP contribution in [0.25, 0.3) is 56.0 Å². The summed E-state index contributed by atoms with van der Waals surface area (Å²) in [7, 11) is 0. The fourth-order valence-electron chi connectivity index (χ4n) is 3.75. The lowest BCUT2D eigenvalue weighted by molar-refractivity contribution is 0.469. The van der Waals surface area contributed by atoms with E-state index in [1.165, 1.54) is 12.1 Å². The lowest BCUT2D eigenvalue weighted by Gasteiger charge is -2.03. The molecule has 6 rings (SSSR count). The van der Waals surface area contributed by atoms with E-state index >= 15 is 0 Å². The Morgan fingerprint density at radius 1 is 0.906 bits per heavy atom. The number of aromatic amines is 2. The second-order valence-electron chi connectivity index (χ2n) is 7.27. The molecule has 5 aromatic heterocycles. The fourth-order valence-corrected chi connectivity index (χ4v) is 3.75. The van der Waals surface area contributed by atoms with Crippen molar-refractivity contribution in [2.75, 3.05) is 0 Å². The Hall–Kier alpha value is -4.66. The molecule has 9 heteroatoms. The number of hydrogen-bond donors (Lipinski definition) is 3. The number of phenolic OH excluding ortho intramolecular Hbond substituents is 1. The zero-order valence-electron chi connectivity index (χ0n) is 16.4. The zero-order valence-corrected chi connectivity index (χ0v) is 16.4. The molecule has 0 aliphatic carbocycles. The van der Waals surface area contributed by atoms with Crippen molar-refractivity contribution < 1.29 is 9.50 Å². The second kappa shape index (κ2) is 6.95. The number of hydrogen-bond acceptors (Lipinski definition) is 6. The van der Waals surface area contributed by atoms with Crippen LogP contribution >= 0.6 is 0 Å². The number of pyridine rings is 3. The molecule has 0 saturated heterocycles. The van der Waals surface area contributed by atoms with Crippen molar-refractivity contribution in [1.82, 2.24) is 35.1 Å². The summed E-state index contributed by atoms with van der Waals surface area (Å²) in [5.74, 6) is -0.186. The van der Waals surface area contributed by atoms with Crippen LogP contribution in [0.2, 0.25) is 0 Å². The molecule has 0 bridgehead atoms. The van der Waals surface area contributed by atoms with Gasteiger partial charge in [0.25, 0.3) is 0 Å². The fraction of sp³-hybridized carbons (Fsp3) is 0. The van der Waals surface area contributed by atoms with Gasteiger partial charge in [-0.25, -0.2) is 14.4 Å². The first-order valence-electron chi connectivity index (χ1n) is 9.75. The summed E-state index contributed by atoms with van der Waals surface area (Å²) in [5.41, 5.74) is 5.22. The summed E-state index contributed by atoms with van der Waals surface area (Å²) in [4.78, 5) is 21.0. The number of halogens is 1. The standard InChI is InChI=1S/C23H14FN7O/c24-15-6-13(7-16(32)9-15)19-21-18(3-5-26-19)28-23(29-21)20-17-8-14(11-27-22(17)31-30-20)12-2-1-4-25-10-12/h1-11,32H,(H,28,29)(H,27,30,31). The highest BCUT2D eigenvalue weighted by atomic mass is 19.1. The maximum Gasteiger partial charge on any atom is 0.181 e. The molecule has 0 radical (unpaired) electrons. The summed E-state index contributed by atoms with van der Waals surface area (Å²) in [6, 6.07) is 11.4. The smallest absolute Gasteiger partial charge is 0.181 e. The number of rotatable bonds is 3. The Balaban J connectivity index is 1.52. The first-order valence-corrected chi connectivity index (χ1v) is 9.75. The summed E-state index contributed by atoms with van der Waals surface area (Å²) in [6.45, 7) is 0. The van der Waals surface area contributed by atoms with E-state index < -0.39 is 5.82 Å². The van der Waals surface area contributed by atoms with E-state index in [0.29, 0.717) is 39.5 Å². The van der Waals surface area contributed by atoms with Gasteiger partial charge in [-0.1, -0.05) is 6.07 Å². The average molecular weight is 423 g/mol. The summed E-state index contributed by atoms with van der Waals surface area (Å²) < 4.78 is 13.9. The number of benzene rings is 1. The third-order valence-electron chi connectivity index (χ3n) is 5.20. The molecule has 3 N–H and O–H groups in total. The van der Waals surface area contributed by atoms with Crippen LogP contribution in [0.1, 0.15) is 0 Å². The monoisotopic (exact) mass is 423 g/mol. The third-order valence-corrected chi connectivity index (χ3v) is 5.20. The molecule has 32 heavy (non-hydrogen) atoms. The molecule has 154 valence electrons. The number of phenols is 1. The average Bonchev–Trinajstić information content (AvgIpc) is 3.42. The highest BCUT2D eigenvalue weighted by Gasteiger charge is 2.17. The van der Waals surface area contributed by atoms with Gasteiger partial charge < -0.3 is 10.1 Å². The van der Waals surface area contributed by atoms with Crippen LogP contribution in [0, 0.1) is 5.82 Å². The number of nitrogens with one attached hydrogen (secondary N) is 2. The number of fused-ring (bicyclic) bond motifs is 2. The van der Waals surface area contributed by atoms with Crippen molar-refractivity contribution in [3.63, 3.8) is 0 Å². The Kier molecular flexibility index (Phi) is 3.94. The molecule has 0 aliphatic heterocycles. The van der Waals surface area contributed by atoms with E-state index in [9.17, 15) is 9.50 Å². The quantitative estimate of drug-likeness (QED) is 0.387. The largest absolute Gasteiger partial charge is 0.508 e. The number of imidazole rings is 1. The first kappa shape index (κ1) is 18.1. The number of aromatic nitrogens is 7. The van der Waals surface area contributed by atoms with Crippen molar-refractivity contribution in [2.24, 2.45) is 0 Å².